The molecule has 1 aromatic heterocycles. The first-order chi connectivity index (χ1) is 17.4. The van der Waals surface area contributed by atoms with Crippen molar-refractivity contribution in [2.75, 3.05) is 13.1 Å². The maximum Gasteiger partial charge on any atom is 0.347 e. The molecule has 0 saturated carbocycles. The molecule has 0 spiro atoms. The lowest BCUT2D eigenvalue weighted by Crippen LogP contribution is -2.45. The van der Waals surface area contributed by atoms with Crippen LogP contribution in [0.25, 0.3) is 16.5 Å². The van der Waals surface area contributed by atoms with Crippen LogP contribution in [0.3, 0.4) is 0 Å². The first-order valence-electron chi connectivity index (χ1n) is 11.6. The topological polar surface area (TPSA) is 103 Å². The lowest BCUT2D eigenvalue weighted by Gasteiger charge is -2.35. The van der Waals surface area contributed by atoms with Crippen molar-refractivity contribution in [1.82, 2.24) is 4.90 Å². The summed E-state index contributed by atoms with van der Waals surface area (Å²) < 4.78 is 5.56. The van der Waals surface area contributed by atoms with Crippen LogP contribution in [0, 0.1) is 6.92 Å². The van der Waals surface area contributed by atoms with Gasteiger partial charge in [-0.3, -0.25) is 9.79 Å². The standard InChI is InChI=1S/C29H22N2O5/c1-17-11-13-19(14-12-17)29(35)24(23-26(33)20-9-5-6-10-21(20)36-28(23)34)22(27-30-15-16-31(27)29)25(32)18-7-3-2-4-8-18/h2-14,33,35H,15-16H2,1H3. The highest BCUT2D eigenvalue weighted by Crippen LogP contribution is 2.51. The summed E-state index contributed by atoms with van der Waals surface area (Å²) in [5, 5.41) is 24.1. The Morgan fingerprint density at radius 2 is 1.69 bits per heavy atom. The number of aliphatic imine (C=N–C) groups is 1. The number of benzene rings is 3. The predicted octanol–water partition coefficient (Wildman–Crippen LogP) is 4.02. The quantitative estimate of drug-likeness (QED) is 0.339. The Labute approximate surface area is 206 Å². The Hall–Kier alpha value is -4.49. The van der Waals surface area contributed by atoms with Gasteiger partial charge in [-0.05, 0) is 19.1 Å². The molecule has 2 N–H and O–H groups in total. The zero-order valence-electron chi connectivity index (χ0n) is 19.4. The monoisotopic (exact) mass is 478 g/mol. The van der Waals surface area contributed by atoms with Gasteiger partial charge < -0.3 is 19.5 Å². The van der Waals surface area contributed by atoms with Crippen LogP contribution in [0.1, 0.15) is 27.0 Å². The van der Waals surface area contributed by atoms with Gasteiger partial charge in [0.1, 0.15) is 22.7 Å². The van der Waals surface area contributed by atoms with E-state index in [-0.39, 0.29) is 33.9 Å². The Morgan fingerprint density at radius 3 is 2.44 bits per heavy atom. The first-order valence-corrected chi connectivity index (χ1v) is 11.6. The van der Waals surface area contributed by atoms with E-state index in [0.717, 1.165) is 5.56 Å². The lowest BCUT2D eigenvalue weighted by atomic mass is 9.85. The highest BCUT2D eigenvalue weighted by Gasteiger charge is 2.55. The van der Waals surface area contributed by atoms with Crippen LogP contribution in [0.5, 0.6) is 5.75 Å². The van der Waals surface area contributed by atoms with Crippen molar-refractivity contribution in [3.05, 3.63) is 117 Å². The van der Waals surface area contributed by atoms with Gasteiger partial charge in [0.25, 0.3) is 0 Å². The summed E-state index contributed by atoms with van der Waals surface area (Å²) in [7, 11) is 0. The fourth-order valence-electron chi connectivity index (χ4n) is 5.09. The van der Waals surface area contributed by atoms with E-state index >= 15 is 0 Å². The molecule has 0 saturated heterocycles. The number of hydrogen-bond donors (Lipinski definition) is 2. The van der Waals surface area contributed by atoms with E-state index in [2.05, 4.69) is 4.99 Å². The number of aliphatic hydroxyl groups is 1. The predicted molar refractivity (Wildman–Crippen MR) is 136 cm³/mol. The number of amidine groups is 1. The Balaban J connectivity index is 1.74. The van der Waals surface area contributed by atoms with Gasteiger partial charge in [0, 0.05) is 23.2 Å². The van der Waals surface area contributed by atoms with Crippen LogP contribution >= 0.6 is 0 Å². The summed E-state index contributed by atoms with van der Waals surface area (Å²) in [5.41, 5.74) is -1.00. The molecule has 1 atom stereocenters. The van der Waals surface area contributed by atoms with Crippen LogP contribution in [-0.2, 0) is 5.72 Å². The van der Waals surface area contributed by atoms with Crippen molar-refractivity contribution in [2.24, 2.45) is 4.99 Å². The molecule has 2 aliphatic rings. The smallest absolute Gasteiger partial charge is 0.347 e. The molecule has 0 bridgehead atoms. The maximum atomic E-state index is 13.9. The molecule has 7 heteroatoms. The number of aromatic hydroxyl groups is 1. The molecule has 7 nitrogen and oxygen atoms in total. The number of hydrogen-bond acceptors (Lipinski definition) is 7. The average molecular weight is 479 g/mol. The number of ketones is 1. The van der Waals surface area contributed by atoms with Crippen molar-refractivity contribution < 1.29 is 19.4 Å². The van der Waals surface area contributed by atoms with Gasteiger partial charge in [-0.25, -0.2) is 4.79 Å². The normalized spacial score (nSPS) is 19.1. The van der Waals surface area contributed by atoms with Crippen molar-refractivity contribution >= 4 is 28.2 Å². The SMILES string of the molecule is Cc1ccc(C2(O)C(c3c(O)c4ccccc4oc3=O)=C(C(=O)c3ccccc3)C3=NCCN32)cc1. The van der Waals surface area contributed by atoms with Gasteiger partial charge >= 0.3 is 5.63 Å². The number of carbonyl (C=O) groups excluding carboxylic acids is 1. The Bertz CT molecular complexity index is 1650. The Morgan fingerprint density at radius 1 is 1.00 bits per heavy atom. The van der Waals surface area contributed by atoms with Crippen molar-refractivity contribution in [2.45, 2.75) is 12.6 Å². The molecule has 0 amide bonds. The molecule has 2 aliphatic heterocycles. The zero-order valence-corrected chi connectivity index (χ0v) is 19.4. The minimum Gasteiger partial charge on any atom is -0.506 e. The number of carbonyl (C=O) groups is 1. The molecular formula is C29H22N2O5. The third-order valence-corrected chi connectivity index (χ3v) is 6.81. The van der Waals surface area contributed by atoms with Crippen molar-refractivity contribution in [3.8, 4) is 5.75 Å². The largest absolute Gasteiger partial charge is 0.506 e. The summed E-state index contributed by atoms with van der Waals surface area (Å²) in [6, 6.07) is 22.4. The molecular weight excluding hydrogens is 456 g/mol. The molecule has 3 heterocycles. The molecule has 0 fully saturated rings. The molecule has 36 heavy (non-hydrogen) atoms. The fourth-order valence-corrected chi connectivity index (χ4v) is 5.09. The molecule has 4 aromatic rings. The highest BCUT2D eigenvalue weighted by atomic mass is 16.4. The minimum atomic E-state index is -1.93. The van der Waals surface area contributed by atoms with Gasteiger partial charge in [-0.1, -0.05) is 72.3 Å². The van der Waals surface area contributed by atoms with Crippen LogP contribution in [0.15, 0.2) is 98.6 Å². The summed E-state index contributed by atoms with van der Waals surface area (Å²) in [6.07, 6.45) is 0. The summed E-state index contributed by atoms with van der Waals surface area (Å²) >= 11 is 0. The third-order valence-electron chi connectivity index (χ3n) is 6.81. The number of aryl methyl sites for hydroxylation is 1. The number of fused-ring (bicyclic) bond motifs is 2. The maximum absolute atomic E-state index is 13.9. The molecule has 1 unspecified atom stereocenters. The van der Waals surface area contributed by atoms with Gasteiger partial charge in [0.15, 0.2) is 11.5 Å². The minimum absolute atomic E-state index is 0.0318. The summed E-state index contributed by atoms with van der Waals surface area (Å²) in [6.45, 7) is 2.63. The van der Waals surface area contributed by atoms with E-state index in [1.54, 1.807) is 71.6 Å². The molecule has 0 aliphatic carbocycles. The van der Waals surface area contributed by atoms with Crippen LogP contribution in [0.2, 0.25) is 0 Å². The second-order valence-electron chi connectivity index (χ2n) is 8.95. The average Bonchev–Trinajstić information content (AvgIpc) is 3.46. The van der Waals surface area contributed by atoms with E-state index in [9.17, 15) is 19.8 Å². The highest BCUT2D eigenvalue weighted by molar-refractivity contribution is 6.34. The Kier molecular flexibility index (Phi) is 4.91. The van der Waals surface area contributed by atoms with Gasteiger partial charge in [-0.2, -0.15) is 0 Å². The lowest BCUT2D eigenvalue weighted by molar-refractivity contribution is -0.00867. The third kappa shape index (κ3) is 3.06. The van der Waals surface area contributed by atoms with Gasteiger partial charge in [0.05, 0.1) is 17.5 Å². The number of nitrogens with zero attached hydrogens (tertiary/aromatic N) is 2. The number of para-hydroxylation sites is 1. The summed E-state index contributed by atoms with van der Waals surface area (Å²) in [5.74, 6) is -0.484. The van der Waals surface area contributed by atoms with Crippen molar-refractivity contribution in [3.63, 3.8) is 0 Å². The summed E-state index contributed by atoms with van der Waals surface area (Å²) in [4.78, 5) is 33.5. The van der Waals surface area contributed by atoms with Crippen LogP contribution in [-0.4, -0.2) is 39.8 Å². The first kappa shape index (κ1) is 22.0. The second kappa shape index (κ2) is 8.03. The van der Waals surface area contributed by atoms with E-state index in [0.29, 0.717) is 29.6 Å². The van der Waals surface area contributed by atoms with E-state index < -0.39 is 17.1 Å². The molecule has 6 rings (SSSR count). The van der Waals surface area contributed by atoms with E-state index in [1.807, 2.05) is 19.1 Å². The van der Waals surface area contributed by atoms with Crippen LogP contribution < -0.4 is 5.63 Å². The molecule has 3 aromatic carbocycles. The van der Waals surface area contributed by atoms with E-state index in [4.69, 9.17) is 4.42 Å². The number of Topliss-reactive ketones (excluding diaryl/α,β-unsaturated/α-hetero) is 1. The van der Waals surface area contributed by atoms with Gasteiger partial charge in [-0.15, -0.1) is 0 Å². The number of rotatable bonds is 4. The van der Waals surface area contributed by atoms with E-state index in [1.165, 1.54) is 0 Å². The second-order valence-corrected chi connectivity index (χ2v) is 8.95. The van der Waals surface area contributed by atoms with Crippen LogP contribution in [0.4, 0.5) is 0 Å². The zero-order chi connectivity index (χ0) is 25.0. The fraction of sp³-hybridized carbons (Fsp3) is 0.138. The van der Waals surface area contributed by atoms with Gasteiger partial charge in [0.2, 0.25) is 0 Å². The van der Waals surface area contributed by atoms with Crippen molar-refractivity contribution in [1.29, 1.82) is 0 Å². The molecule has 0 radical (unpaired) electrons. The molecule has 178 valence electrons.